The molecule has 1 aromatic carbocycles. The summed E-state index contributed by atoms with van der Waals surface area (Å²) in [7, 11) is 1.52. The van der Waals surface area contributed by atoms with Gasteiger partial charge in [0.05, 0.1) is 21.3 Å². The van der Waals surface area contributed by atoms with Crippen LogP contribution in [-0.2, 0) is 0 Å². The van der Waals surface area contributed by atoms with Crippen molar-refractivity contribution in [3.8, 4) is 5.75 Å². The number of methoxy groups -OCH3 is 1. The number of benzene rings is 1. The van der Waals surface area contributed by atoms with Crippen molar-refractivity contribution < 1.29 is 9.53 Å². The molecule has 0 aliphatic heterocycles. The summed E-state index contributed by atoms with van der Waals surface area (Å²) in [6, 6.07) is 8.78. The molecule has 0 spiro atoms. The molecule has 17 heavy (non-hydrogen) atoms. The lowest BCUT2D eigenvalue weighted by molar-refractivity contribution is 0.104. The number of ketones is 1. The highest BCUT2D eigenvalue weighted by Crippen LogP contribution is 2.30. The Balaban J connectivity index is 2.50. The Kier molecular flexibility index (Phi) is 3.49. The monoisotopic (exact) mass is 311 g/mol. The third-order valence-corrected chi connectivity index (χ3v) is 3.92. The number of nitrogens with two attached hydrogens (primary N) is 1. The molecule has 1 aromatic heterocycles. The van der Waals surface area contributed by atoms with E-state index in [1.54, 1.807) is 24.3 Å². The van der Waals surface area contributed by atoms with Crippen LogP contribution in [0.3, 0.4) is 0 Å². The van der Waals surface area contributed by atoms with Crippen molar-refractivity contribution in [1.29, 1.82) is 0 Å². The summed E-state index contributed by atoms with van der Waals surface area (Å²) < 4.78 is 6.08. The Morgan fingerprint density at radius 1 is 1.35 bits per heavy atom. The second-order valence-corrected chi connectivity index (χ2v) is 5.82. The van der Waals surface area contributed by atoms with Crippen molar-refractivity contribution in [3.05, 3.63) is 44.6 Å². The standard InChI is InChI=1S/C12H10BrNO2S/c1-16-8-4-2-3-7(14)11(8)12(15)9-5-6-10(13)17-9/h2-6H,14H2,1H3. The van der Waals surface area contributed by atoms with Gasteiger partial charge in [-0.1, -0.05) is 6.07 Å². The Morgan fingerprint density at radius 3 is 2.71 bits per heavy atom. The first-order valence-electron chi connectivity index (χ1n) is 4.86. The Morgan fingerprint density at radius 2 is 2.12 bits per heavy atom. The van der Waals surface area contributed by atoms with Crippen LogP contribution >= 0.6 is 27.3 Å². The molecule has 0 fully saturated rings. The van der Waals surface area contributed by atoms with Crippen LogP contribution in [0.5, 0.6) is 5.75 Å². The number of halogens is 1. The highest BCUT2D eigenvalue weighted by molar-refractivity contribution is 9.11. The minimum Gasteiger partial charge on any atom is -0.496 e. The van der Waals surface area contributed by atoms with E-state index in [9.17, 15) is 4.79 Å². The molecule has 0 bridgehead atoms. The average Bonchev–Trinajstić information content (AvgIpc) is 2.74. The van der Waals surface area contributed by atoms with Crippen molar-refractivity contribution in [2.45, 2.75) is 0 Å². The maximum atomic E-state index is 12.3. The molecule has 0 saturated carbocycles. The fourth-order valence-electron chi connectivity index (χ4n) is 1.52. The van der Waals surface area contributed by atoms with Crippen LogP contribution in [0.15, 0.2) is 34.1 Å². The molecule has 1 heterocycles. The number of hydrogen-bond donors (Lipinski definition) is 1. The van der Waals surface area contributed by atoms with Gasteiger partial charge in [-0.3, -0.25) is 4.79 Å². The molecule has 88 valence electrons. The van der Waals surface area contributed by atoms with Gasteiger partial charge in [-0.15, -0.1) is 11.3 Å². The number of nitrogen functional groups attached to an aromatic ring is 1. The molecule has 2 rings (SSSR count). The summed E-state index contributed by atoms with van der Waals surface area (Å²) in [6.45, 7) is 0. The van der Waals surface area contributed by atoms with Gasteiger partial charge in [-0.05, 0) is 40.2 Å². The molecule has 0 atom stereocenters. The molecule has 3 nitrogen and oxygen atoms in total. The molecule has 0 amide bonds. The summed E-state index contributed by atoms with van der Waals surface area (Å²) in [5.74, 6) is 0.384. The summed E-state index contributed by atoms with van der Waals surface area (Å²) in [6.07, 6.45) is 0. The van der Waals surface area contributed by atoms with Gasteiger partial charge in [-0.2, -0.15) is 0 Å². The average molecular weight is 312 g/mol. The number of ether oxygens (including phenoxy) is 1. The van der Waals surface area contributed by atoms with Gasteiger partial charge in [0.2, 0.25) is 5.78 Å². The molecule has 0 aliphatic rings. The van der Waals surface area contributed by atoms with Gasteiger partial charge < -0.3 is 10.5 Å². The zero-order chi connectivity index (χ0) is 12.4. The van der Waals surface area contributed by atoms with Crippen molar-refractivity contribution >= 4 is 38.7 Å². The predicted molar refractivity (Wildman–Crippen MR) is 72.9 cm³/mol. The molecule has 2 aromatic rings. The maximum Gasteiger partial charge on any atom is 0.208 e. The van der Waals surface area contributed by atoms with Crippen molar-refractivity contribution in [2.24, 2.45) is 0 Å². The second kappa shape index (κ2) is 4.89. The third kappa shape index (κ3) is 2.35. The van der Waals surface area contributed by atoms with Crippen molar-refractivity contribution in [1.82, 2.24) is 0 Å². The SMILES string of the molecule is COc1cccc(N)c1C(=O)c1ccc(Br)s1. The van der Waals surface area contributed by atoms with Gasteiger partial charge in [0.15, 0.2) is 0 Å². The first-order chi connectivity index (χ1) is 8.13. The summed E-state index contributed by atoms with van der Waals surface area (Å²) in [5, 5.41) is 0. The number of thiophene rings is 1. The normalized spacial score (nSPS) is 10.2. The van der Waals surface area contributed by atoms with E-state index < -0.39 is 0 Å². The van der Waals surface area contributed by atoms with Crippen LogP contribution < -0.4 is 10.5 Å². The van der Waals surface area contributed by atoms with E-state index in [1.165, 1.54) is 18.4 Å². The van der Waals surface area contributed by atoms with Gasteiger partial charge in [0.1, 0.15) is 5.75 Å². The minimum atomic E-state index is -0.115. The van der Waals surface area contributed by atoms with Crippen LogP contribution in [0.25, 0.3) is 0 Å². The maximum absolute atomic E-state index is 12.3. The van der Waals surface area contributed by atoms with E-state index in [-0.39, 0.29) is 5.78 Å². The molecular weight excluding hydrogens is 302 g/mol. The fraction of sp³-hybridized carbons (Fsp3) is 0.0833. The lowest BCUT2D eigenvalue weighted by Gasteiger charge is -2.08. The smallest absolute Gasteiger partial charge is 0.208 e. The zero-order valence-corrected chi connectivity index (χ0v) is 11.5. The summed E-state index contributed by atoms with van der Waals surface area (Å²) in [5.41, 5.74) is 6.68. The summed E-state index contributed by atoms with van der Waals surface area (Å²) in [4.78, 5) is 12.9. The first-order valence-corrected chi connectivity index (χ1v) is 6.47. The lowest BCUT2D eigenvalue weighted by atomic mass is 10.1. The zero-order valence-electron chi connectivity index (χ0n) is 9.07. The largest absolute Gasteiger partial charge is 0.496 e. The lowest BCUT2D eigenvalue weighted by Crippen LogP contribution is -2.06. The number of hydrogen-bond acceptors (Lipinski definition) is 4. The minimum absolute atomic E-state index is 0.115. The molecule has 0 saturated heterocycles. The number of carbonyl (C=O) groups excluding carboxylic acids is 1. The highest BCUT2D eigenvalue weighted by atomic mass is 79.9. The topological polar surface area (TPSA) is 52.3 Å². The van der Waals surface area contributed by atoms with E-state index in [0.717, 1.165) is 3.79 Å². The van der Waals surface area contributed by atoms with Crippen LogP contribution in [0, 0.1) is 0 Å². The quantitative estimate of drug-likeness (QED) is 0.698. The van der Waals surface area contributed by atoms with Crippen LogP contribution in [0.1, 0.15) is 15.2 Å². The van der Waals surface area contributed by atoms with E-state index in [1.807, 2.05) is 6.07 Å². The Labute approximate surface area is 111 Å². The van der Waals surface area contributed by atoms with Gasteiger partial charge >= 0.3 is 0 Å². The Hall–Kier alpha value is -1.33. The molecule has 0 unspecified atom stereocenters. The molecule has 2 N–H and O–H groups in total. The molecule has 5 heteroatoms. The van der Waals surface area contributed by atoms with Crippen LogP contribution in [0.2, 0.25) is 0 Å². The molecule has 0 radical (unpaired) electrons. The van der Waals surface area contributed by atoms with Crippen molar-refractivity contribution in [3.63, 3.8) is 0 Å². The predicted octanol–water partition coefficient (Wildman–Crippen LogP) is 3.33. The fourth-order valence-corrected chi connectivity index (χ4v) is 2.85. The summed E-state index contributed by atoms with van der Waals surface area (Å²) >= 11 is 4.71. The van der Waals surface area contributed by atoms with E-state index in [0.29, 0.717) is 21.9 Å². The van der Waals surface area contributed by atoms with Gasteiger partial charge in [0, 0.05) is 5.69 Å². The van der Waals surface area contributed by atoms with E-state index in [4.69, 9.17) is 10.5 Å². The van der Waals surface area contributed by atoms with Gasteiger partial charge in [-0.25, -0.2) is 0 Å². The Bertz CT molecular complexity index is 565. The number of anilines is 1. The van der Waals surface area contributed by atoms with E-state index in [2.05, 4.69) is 15.9 Å². The van der Waals surface area contributed by atoms with Gasteiger partial charge in [0.25, 0.3) is 0 Å². The van der Waals surface area contributed by atoms with E-state index >= 15 is 0 Å². The van der Waals surface area contributed by atoms with Crippen molar-refractivity contribution in [2.75, 3.05) is 12.8 Å². The second-order valence-electron chi connectivity index (χ2n) is 3.36. The number of carbonyl (C=O) groups is 1. The van der Waals surface area contributed by atoms with Crippen LogP contribution in [-0.4, -0.2) is 12.9 Å². The highest BCUT2D eigenvalue weighted by Gasteiger charge is 2.18. The molecule has 0 aliphatic carbocycles. The third-order valence-electron chi connectivity index (χ3n) is 2.30. The van der Waals surface area contributed by atoms with Crippen LogP contribution in [0.4, 0.5) is 5.69 Å². The number of rotatable bonds is 3. The molecular formula is C12H10BrNO2S. The first kappa shape index (κ1) is 12.1.